The van der Waals surface area contributed by atoms with Gasteiger partial charge < -0.3 is 5.32 Å². The number of rotatable bonds is 5. The molecule has 0 spiro atoms. The van der Waals surface area contributed by atoms with E-state index in [2.05, 4.69) is 60.8 Å². The van der Waals surface area contributed by atoms with Crippen molar-refractivity contribution < 1.29 is 0 Å². The molecule has 0 saturated carbocycles. The van der Waals surface area contributed by atoms with Crippen molar-refractivity contribution in [2.45, 2.75) is 45.2 Å². The van der Waals surface area contributed by atoms with Crippen LogP contribution in [0.4, 0.5) is 5.69 Å². The second-order valence-corrected chi connectivity index (χ2v) is 8.93. The standard InChI is InChI=1S/C29H29N3O/c1-20-13-15-24(16-14-20)31-25-17-18-27-26(19-25)29(33)32(21(2)30-27)28(22-9-5-3-6-10-22)23-11-7-4-8-12-23/h3-16,25,28,31H,17-19H2,1-2H3. The Labute approximate surface area is 195 Å². The maximum Gasteiger partial charge on any atom is 0.257 e. The second kappa shape index (κ2) is 9.07. The fraction of sp³-hybridized carbons (Fsp3) is 0.241. The molecule has 166 valence electrons. The van der Waals surface area contributed by atoms with Crippen molar-refractivity contribution in [1.29, 1.82) is 0 Å². The van der Waals surface area contributed by atoms with Crippen LogP contribution >= 0.6 is 0 Å². The minimum Gasteiger partial charge on any atom is -0.382 e. The fourth-order valence-corrected chi connectivity index (χ4v) is 4.88. The van der Waals surface area contributed by atoms with E-state index in [9.17, 15) is 4.79 Å². The molecule has 1 aliphatic carbocycles. The van der Waals surface area contributed by atoms with Crippen LogP contribution in [-0.4, -0.2) is 15.6 Å². The van der Waals surface area contributed by atoms with E-state index in [0.29, 0.717) is 6.42 Å². The smallest absolute Gasteiger partial charge is 0.257 e. The summed E-state index contributed by atoms with van der Waals surface area (Å²) in [6, 6.07) is 28.9. The van der Waals surface area contributed by atoms with Gasteiger partial charge in [0.05, 0.1) is 11.7 Å². The van der Waals surface area contributed by atoms with Gasteiger partial charge in [-0.1, -0.05) is 78.4 Å². The Morgan fingerprint density at radius 3 is 2.09 bits per heavy atom. The highest BCUT2D eigenvalue weighted by molar-refractivity contribution is 5.46. The molecule has 5 rings (SSSR count). The first-order valence-corrected chi connectivity index (χ1v) is 11.6. The molecule has 0 bridgehead atoms. The van der Waals surface area contributed by atoms with Crippen LogP contribution in [0.25, 0.3) is 0 Å². The van der Waals surface area contributed by atoms with Crippen LogP contribution in [-0.2, 0) is 12.8 Å². The molecule has 1 unspecified atom stereocenters. The Morgan fingerprint density at radius 1 is 0.879 bits per heavy atom. The lowest BCUT2D eigenvalue weighted by Crippen LogP contribution is -2.38. The quantitative estimate of drug-likeness (QED) is 0.452. The molecule has 33 heavy (non-hydrogen) atoms. The molecule has 1 aliphatic rings. The highest BCUT2D eigenvalue weighted by Gasteiger charge is 2.27. The Kier molecular flexibility index (Phi) is 5.82. The zero-order valence-corrected chi connectivity index (χ0v) is 19.2. The number of aryl methyl sites for hydroxylation is 3. The molecule has 4 heteroatoms. The van der Waals surface area contributed by atoms with E-state index in [4.69, 9.17) is 4.98 Å². The van der Waals surface area contributed by atoms with Gasteiger partial charge >= 0.3 is 0 Å². The van der Waals surface area contributed by atoms with Crippen LogP contribution in [0.2, 0.25) is 0 Å². The van der Waals surface area contributed by atoms with Crippen LogP contribution in [0.1, 0.15) is 46.2 Å². The van der Waals surface area contributed by atoms with E-state index in [1.807, 2.05) is 47.9 Å². The third-order valence-electron chi connectivity index (χ3n) is 6.56. The summed E-state index contributed by atoms with van der Waals surface area (Å²) in [6.07, 6.45) is 2.47. The van der Waals surface area contributed by atoms with Crippen molar-refractivity contribution in [1.82, 2.24) is 9.55 Å². The van der Waals surface area contributed by atoms with E-state index in [0.717, 1.165) is 46.7 Å². The maximum absolute atomic E-state index is 14.0. The molecule has 4 aromatic rings. The number of anilines is 1. The van der Waals surface area contributed by atoms with E-state index in [-0.39, 0.29) is 17.6 Å². The van der Waals surface area contributed by atoms with Crippen LogP contribution in [0.15, 0.2) is 89.7 Å². The molecule has 1 aromatic heterocycles. The minimum atomic E-state index is -0.205. The van der Waals surface area contributed by atoms with Gasteiger partial charge in [0.25, 0.3) is 5.56 Å². The largest absolute Gasteiger partial charge is 0.382 e. The van der Waals surface area contributed by atoms with E-state index >= 15 is 0 Å². The molecule has 1 atom stereocenters. The molecule has 0 aliphatic heterocycles. The molecular formula is C29H29N3O. The first-order valence-electron chi connectivity index (χ1n) is 11.6. The highest BCUT2D eigenvalue weighted by Crippen LogP contribution is 2.28. The van der Waals surface area contributed by atoms with Crippen molar-refractivity contribution in [2.75, 3.05) is 5.32 Å². The lowest BCUT2D eigenvalue weighted by atomic mass is 9.91. The molecule has 4 nitrogen and oxygen atoms in total. The van der Waals surface area contributed by atoms with Gasteiger partial charge in [0, 0.05) is 17.3 Å². The monoisotopic (exact) mass is 435 g/mol. The van der Waals surface area contributed by atoms with Gasteiger partial charge in [-0.15, -0.1) is 0 Å². The predicted octanol–water partition coefficient (Wildman–Crippen LogP) is 5.47. The van der Waals surface area contributed by atoms with E-state index in [1.54, 1.807) is 0 Å². The summed E-state index contributed by atoms with van der Waals surface area (Å²) in [7, 11) is 0. The Bertz CT molecular complexity index is 1260. The van der Waals surface area contributed by atoms with Crippen molar-refractivity contribution in [3.05, 3.63) is 129 Å². The molecule has 0 amide bonds. The summed E-state index contributed by atoms with van der Waals surface area (Å²) in [5, 5.41) is 3.63. The Balaban J connectivity index is 1.55. The van der Waals surface area contributed by atoms with Crippen molar-refractivity contribution in [3.8, 4) is 0 Å². The average Bonchev–Trinajstić information content (AvgIpc) is 2.85. The summed E-state index contributed by atoms with van der Waals surface area (Å²) in [5.41, 5.74) is 6.38. The Hall–Kier alpha value is -3.66. The van der Waals surface area contributed by atoms with Crippen molar-refractivity contribution in [2.24, 2.45) is 0 Å². The first kappa shape index (κ1) is 21.2. The summed E-state index contributed by atoms with van der Waals surface area (Å²) in [5.74, 6) is 0.765. The highest BCUT2D eigenvalue weighted by atomic mass is 16.1. The average molecular weight is 436 g/mol. The molecule has 3 aromatic carbocycles. The number of benzene rings is 3. The predicted molar refractivity (Wildman–Crippen MR) is 134 cm³/mol. The third kappa shape index (κ3) is 4.34. The number of fused-ring (bicyclic) bond motifs is 1. The van der Waals surface area contributed by atoms with E-state index in [1.165, 1.54) is 5.56 Å². The van der Waals surface area contributed by atoms with E-state index < -0.39 is 0 Å². The number of aromatic nitrogens is 2. The Morgan fingerprint density at radius 2 is 1.48 bits per heavy atom. The van der Waals surface area contributed by atoms with Gasteiger partial charge in [0.2, 0.25) is 0 Å². The molecule has 1 N–H and O–H groups in total. The van der Waals surface area contributed by atoms with Crippen LogP contribution < -0.4 is 10.9 Å². The normalized spacial score (nSPS) is 15.3. The lowest BCUT2D eigenvalue weighted by molar-refractivity contribution is 0.546. The molecule has 1 heterocycles. The number of nitrogens with one attached hydrogen (secondary N) is 1. The zero-order chi connectivity index (χ0) is 22.8. The fourth-order valence-electron chi connectivity index (χ4n) is 4.88. The van der Waals surface area contributed by atoms with Crippen molar-refractivity contribution >= 4 is 5.69 Å². The summed E-state index contributed by atoms with van der Waals surface area (Å²) in [6.45, 7) is 4.05. The zero-order valence-electron chi connectivity index (χ0n) is 19.2. The summed E-state index contributed by atoms with van der Waals surface area (Å²) >= 11 is 0. The molecular weight excluding hydrogens is 406 g/mol. The second-order valence-electron chi connectivity index (χ2n) is 8.93. The van der Waals surface area contributed by atoms with Gasteiger partial charge in [0.1, 0.15) is 5.82 Å². The maximum atomic E-state index is 14.0. The lowest BCUT2D eigenvalue weighted by Gasteiger charge is -2.29. The molecule has 0 fully saturated rings. The number of hydrogen-bond acceptors (Lipinski definition) is 3. The SMILES string of the molecule is Cc1ccc(NC2CCc3nc(C)n(C(c4ccccc4)c4ccccc4)c(=O)c3C2)cc1. The van der Waals surface area contributed by atoms with Crippen molar-refractivity contribution in [3.63, 3.8) is 0 Å². The minimum absolute atomic E-state index is 0.0746. The van der Waals surface area contributed by atoms with Gasteiger partial charge in [-0.25, -0.2) is 4.98 Å². The third-order valence-corrected chi connectivity index (χ3v) is 6.56. The molecule has 0 saturated heterocycles. The topological polar surface area (TPSA) is 46.9 Å². The first-order chi connectivity index (χ1) is 16.1. The van der Waals surface area contributed by atoms with Gasteiger partial charge in [-0.3, -0.25) is 9.36 Å². The van der Waals surface area contributed by atoms with Gasteiger partial charge in [-0.2, -0.15) is 0 Å². The molecule has 0 radical (unpaired) electrons. The van der Waals surface area contributed by atoms with Gasteiger partial charge in [0.15, 0.2) is 0 Å². The van der Waals surface area contributed by atoms with Crippen LogP contribution in [0.3, 0.4) is 0 Å². The summed E-state index contributed by atoms with van der Waals surface area (Å²) in [4.78, 5) is 18.9. The van der Waals surface area contributed by atoms with Gasteiger partial charge in [-0.05, 0) is 56.4 Å². The van der Waals surface area contributed by atoms with Crippen LogP contribution in [0.5, 0.6) is 0 Å². The van der Waals surface area contributed by atoms with Crippen LogP contribution in [0, 0.1) is 13.8 Å². The summed E-state index contributed by atoms with van der Waals surface area (Å²) < 4.78 is 1.89. The number of hydrogen-bond donors (Lipinski definition) is 1. The number of nitrogens with zero attached hydrogens (tertiary/aromatic N) is 2.